The molecule has 4 rings (SSSR count). The van der Waals surface area contributed by atoms with Crippen LogP contribution in [0.4, 0.5) is 16.0 Å². The SMILES string of the molecule is O=C(Cc1ccc(F)cc1)Nc1ccc(NCc2ccc3c(c2)OCO3)nn1. The summed E-state index contributed by atoms with van der Waals surface area (Å²) >= 11 is 0. The van der Waals surface area contributed by atoms with Crippen molar-refractivity contribution in [3.8, 4) is 11.5 Å². The normalized spacial score (nSPS) is 11.9. The first-order chi connectivity index (χ1) is 13.7. The van der Waals surface area contributed by atoms with Gasteiger partial charge in [-0.15, -0.1) is 10.2 Å². The molecule has 1 aromatic heterocycles. The van der Waals surface area contributed by atoms with Crippen molar-refractivity contribution in [1.29, 1.82) is 0 Å². The van der Waals surface area contributed by atoms with Gasteiger partial charge in [0.05, 0.1) is 6.42 Å². The average Bonchev–Trinajstić information content (AvgIpc) is 3.17. The Hall–Kier alpha value is -3.68. The van der Waals surface area contributed by atoms with Crippen molar-refractivity contribution in [2.75, 3.05) is 17.4 Å². The Kier molecular flexibility index (Phi) is 5.01. The fourth-order valence-electron chi connectivity index (χ4n) is 2.71. The number of aromatic nitrogens is 2. The minimum atomic E-state index is -0.334. The summed E-state index contributed by atoms with van der Waals surface area (Å²) < 4.78 is 23.5. The van der Waals surface area contributed by atoms with Gasteiger partial charge in [-0.2, -0.15) is 0 Å². The zero-order valence-corrected chi connectivity index (χ0v) is 14.8. The van der Waals surface area contributed by atoms with Gasteiger partial charge in [-0.05, 0) is 47.5 Å². The number of halogens is 1. The standard InChI is InChI=1S/C20H17FN4O3/c21-15-4-1-13(2-5-15)10-20(26)23-19-8-7-18(24-25-19)22-11-14-3-6-16-17(9-14)28-12-27-16/h1-9H,10-12H2,(H,22,24)(H,23,25,26). The third kappa shape index (κ3) is 4.35. The first kappa shape index (κ1) is 17.7. The summed E-state index contributed by atoms with van der Waals surface area (Å²) in [7, 11) is 0. The van der Waals surface area contributed by atoms with Crippen LogP contribution in [-0.2, 0) is 17.8 Å². The number of carbonyl (C=O) groups excluding carboxylic acids is 1. The predicted molar refractivity (Wildman–Crippen MR) is 101 cm³/mol. The molecule has 1 amide bonds. The van der Waals surface area contributed by atoms with E-state index in [-0.39, 0.29) is 24.9 Å². The van der Waals surface area contributed by atoms with E-state index in [2.05, 4.69) is 20.8 Å². The van der Waals surface area contributed by atoms with Crippen molar-refractivity contribution >= 4 is 17.5 Å². The van der Waals surface area contributed by atoms with Crippen LogP contribution < -0.4 is 20.1 Å². The Balaban J connectivity index is 1.29. The Bertz CT molecular complexity index is 978. The van der Waals surface area contributed by atoms with Crippen LogP contribution in [-0.4, -0.2) is 22.9 Å². The van der Waals surface area contributed by atoms with Gasteiger partial charge in [-0.25, -0.2) is 4.39 Å². The molecular formula is C20H17FN4O3. The number of hydrogen-bond donors (Lipinski definition) is 2. The summed E-state index contributed by atoms with van der Waals surface area (Å²) in [5, 5.41) is 13.9. The summed E-state index contributed by atoms with van der Waals surface area (Å²) in [6, 6.07) is 14.9. The Morgan fingerprint density at radius 1 is 0.929 bits per heavy atom. The largest absolute Gasteiger partial charge is 0.454 e. The van der Waals surface area contributed by atoms with Gasteiger partial charge in [0.1, 0.15) is 11.6 Å². The second-order valence-electron chi connectivity index (χ2n) is 6.20. The highest BCUT2D eigenvalue weighted by molar-refractivity contribution is 5.91. The molecule has 2 heterocycles. The molecule has 3 aromatic rings. The number of nitrogens with zero attached hydrogens (tertiary/aromatic N) is 2. The highest BCUT2D eigenvalue weighted by Gasteiger charge is 2.13. The molecule has 28 heavy (non-hydrogen) atoms. The van der Waals surface area contributed by atoms with Crippen LogP contribution in [0.1, 0.15) is 11.1 Å². The van der Waals surface area contributed by atoms with E-state index < -0.39 is 0 Å². The topological polar surface area (TPSA) is 85.4 Å². The fourth-order valence-corrected chi connectivity index (χ4v) is 2.71. The van der Waals surface area contributed by atoms with Crippen molar-refractivity contribution in [2.45, 2.75) is 13.0 Å². The van der Waals surface area contributed by atoms with E-state index >= 15 is 0 Å². The summed E-state index contributed by atoms with van der Waals surface area (Å²) in [6.07, 6.45) is 0.131. The zero-order chi connectivity index (χ0) is 19.3. The molecule has 0 fully saturated rings. The monoisotopic (exact) mass is 380 g/mol. The lowest BCUT2D eigenvalue weighted by Crippen LogP contribution is -2.16. The van der Waals surface area contributed by atoms with Crippen molar-refractivity contribution in [3.05, 3.63) is 71.5 Å². The van der Waals surface area contributed by atoms with Crippen LogP contribution in [0.3, 0.4) is 0 Å². The van der Waals surface area contributed by atoms with Crippen LogP contribution in [0.25, 0.3) is 0 Å². The van der Waals surface area contributed by atoms with E-state index in [0.29, 0.717) is 23.7 Å². The molecule has 0 unspecified atom stereocenters. The molecule has 2 N–H and O–H groups in total. The number of ether oxygens (including phenoxy) is 2. The predicted octanol–water partition coefficient (Wildman–Crippen LogP) is 3.14. The molecule has 0 saturated heterocycles. The van der Waals surface area contributed by atoms with Crippen molar-refractivity contribution in [1.82, 2.24) is 10.2 Å². The molecule has 1 aliphatic heterocycles. The van der Waals surface area contributed by atoms with Crippen LogP contribution in [0.5, 0.6) is 11.5 Å². The van der Waals surface area contributed by atoms with Crippen molar-refractivity contribution in [2.24, 2.45) is 0 Å². The van der Waals surface area contributed by atoms with Gasteiger partial charge >= 0.3 is 0 Å². The molecular weight excluding hydrogens is 363 g/mol. The van der Waals surface area contributed by atoms with E-state index in [0.717, 1.165) is 17.1 Å². The second-order valence-corrected chi connectivity index (χ2v) is 6.20. The number of nitrogens with one attached hydrogen (secondary N) is 2. The zero-order valence-electron chi connectivity index (χ0n) is 14.8. The number of hydrogen-bond acceptors (Lipinski definition) is 6. The molecule has 0 spiro atoms. The van der Waals surface area contributed by atoms with E-state index in [1.54, 1.807) is 24.3 Å². The third-order valence-electron chi connectivity index (χ3n) is 4.12. The highest BCUT2D eigenvalue weighted by Crippen LogP contribution is 2.32. The second kappa shape index (κ2) is 7.91. The summed E-state index contributed by atoms with van der Waals surface area (Å²) in [4.78, 5) is 12.0. The van der Waals surface area contributed by atoms with Crippen LogP contribution >= 0.6 is 0 Å². The first-order valence-electron chi connectivity index (χ1n) is 8.66. The Morgan fingerprint density at radius 3 is 2.43 bits per heavy atom. The molecule has 0 atom stereocenters. The number of amides is 1. The maximum atomic E-state index is 12.9. The Labute approximate surface area is 160 Å². The average molecular weight is 380 g/mol. The first-order valence-corrected chi connectivity index (χ1v) is 8.66. The van der Waals surface area contributed by atoms with E-state index in [9.17, 15) is 9.18 Å². The third-order valence-corrected chi connectivity index (χ3v) is 4.12. The highest BCUT2D eigenvalue weighted by atomic mass is 19.1. The molecule has 7 nitrogen and oxygen atoms in total. The fraction of sp³-hybridized carbons (Fsp3) is 0.150. The lowest BCUT2D eigenvalue weighted by molar-refractivity contribution is -0.115. The maximum Gasteiger partial charge on any atom is 0.231 e. The minimum Gasteiger partial charge on any atom is -0.454 e. The van der Waals surface area contributed by atoms with Gasteiger partial charge in [0, 0.05) is 6.54 Å². The van der Waals surface area contributed by atoms with Crippen LogP contribution in [0.2, 0.25) is 0 Å². The molecule has 0 aliphatic carbocycles. The molecule has 1 aliphatic rings. The van der Waals surface area contributed by atoms with Crippen molar-refractivity contribution < 1.29 is 18.7 Å². The van der Waals surface area contributed by atoms with E-state index in [1.807, 2.05) is 18.2 Å². The Morgan fingerprint density at radius 2 is 1.64 bits per heavy atom. The summed E-state index contributed by atoms with van der Waals surface area (Å²) in [6.45, 7) is 0.785. The van der Waals surface area contributed by atoms with Gasteiger partial charge in [0.2, 0.25) is 12.7 Å². The van der Waals surface area contributed by atoms with E-state index in [4.69, 9.17) is 9.47 Å². The maximum absolute atomic E-state index is 12.9. The molecule has 0 bridgehead atoms. The number of anilines is 2. The van der Waals surface area contributed by atoms with Crippen molar-refractivity contribution in [3.63, 3.8) is 0 Å². The number of rotatable bonds is 6. The van der Waals surface area contributed by atoms with Gasteiger partial charge < -0.3 is 20.1 Å². The molecule has 0 saturated carbocycles. The molecule has 8 heteroatoms. The summed E-state index contributed by atoms with van der Waals surface area (Å²) in [5.74, 6) is 1.81. The minimum absolute atomic E-state index is 0.131. The number of fused-ring (bicyclic) bond motifs is 1. The lowest BCUT2D eigenvalue weighted by Gasteiger charge is -2.07. The quantitative estimate of drug-likeness (QED) is 0.683. The van der Waals surface area contributed by atoms with E-state index in [1.165, 1.54) is 12.1 Å². The van der Waals surface area contributed by atoms with Crippen LogP contribution in [0, 0.1) is 5.82 Å². The van der Waals surface area contributed by atoms with Gasteiger partial charge in [0.25, 0.3) is 0 Å². The van der Waals surface area contributed by atoms with Gasteiger partial charge in [-0.1, -0.05) is 18.2 Å². The molecule has 142 valence electrons. The summed E-state index contributed by atoms with van der Waals surface area (Å²) in [5.41, 5.74) is 1.73. The van der Waals surface area contributed by atoms with Gasteiger partial charge in [-0.3, -0.25) is 4.79 Å². The number of benzene rings is 2. The molecule has 0 radical (unpaired) electrons. The van der Waals surface area contributed by atoms with Crippen LogP contribution in [0.15, 0.2) is 54.6 Å². The molecule has 2 aromatic carbocycles. The smallest absolute Gasteiger partial charge is 0.231 e. The lowest BCUT2D eigenvalue weighted by atomic mass is 10.1. The van der Waals surface area contributed by atoms with Gasteiger partial charge in [0.15, 0.2) is 17.3 Å². The number of carbonyl (C=O) groups is 1.